The summed E-state index contributed by atoms with van der Waals surface area (Å²) in [5.74, 6) is -2.44. The van der Waals surface area contributed by atoms with Crippen molar-refractivity contribution >= 4 is 11.9 Å². The summed E-state index contributed by atoms with van der Waals surface area (Å²) in [5.41, 5.74) is 0. The highest BCUT2D eigenvalue weighted by atomic mass is 16.5. The number of carboxylic acids is 1. The number of ether oxygens (including phenoxy) is 1. The summed E-state index contributed by atoms with van der Waals surface area (Å²) < 4.78 is 5.13. The van der Waals surface area contributed by atoms with Gasteiger partial charge in [0.25, 0.3) is 0 Å². The molecule has 1 aliphatic rings. The summed E-state index contributed by atoms with van der Waals surface area (Å²) in [4.78, 5) is 23.1. The molecule has 0 saturated carbocycles. The molecule has 1 aliphatic heterocycles. The average molecular weight is 361 g/mol. The molecule has 0 aromatic rings. The summed E-state index contributed by atoms with van der Waals surface area (Å²) in [7, 11) is 0. The fraction of sp³-hybridized carbons (Fsp3) is 0.750. The van der Waals surface area contributed by atoms with E-state index in [-0.39, 0.29) is 12.3 Å². The van der Waals surface area contributed by atoms with Gasteiger partial charge in [-0.3, -0.25) is 4.79 Å². The molecule has 1 heterocycles. The van der Waals surface area contributed by atoms with Gasteiger partial charge in [-0.25, -0.2) is 4.79 Å². The number of rotatable bonds is 10. The van der Waals surface area contributed by atoms with Gasteiger partial charge in [0.15, 0.2) is 6.10 Å². The Kier molecular flexibility index (Phi) is 8.84. The normalized spacial score (nSPS) is 25.5. The maximum atomic E-state index is 12.0. The molecule has 0 unspecified atom stereocenters. The molecule has 6 N–H and O–H groups in total. The third-order valence-electron chi connectivity index (χ3n) is 4.02. The summed E-state index contributed by atoms with van der Waals surface area (Å²) in [6.45, 7) is 1.25. The summed E-state index contributed by atoms with van der Waals surface area (Å²) >= 11 is 0. The maximum Gasteiger partial charge on any atom is 0.370 e. The third-order valence-corrected chi connectivity index (χ3v) is 4.02. The summed E-state index contributed by atoms with van der Waals surface area (Å²) in [6.07, 6.45) is -1.48. The van der Waals surface area contributed by atoms with Crippen molar-refractivity contribution in [2.45, 2.75) is 69.5 Å². The van der Waals surface area contributed by atoms with Crippen LogP contribution in [0.1, 0.15) is 39.0 Å². The number of hydrogen-bond donors (Lipinski definition) is 6. The summed E-state index contributed by atoms with van der Waals surface area (Å²) in [5, 5.41) is 50.3. The molecule has 9 nitrogen and oxygen atoms in total. The van der Waals surface area contributed by atoms with Crippen LogP contribution in [-0.2, 0) is 14.3 Å². The van der Waals surface area contributed by atoms with Gasteiger partial charge in [0.05, 0.1) is 12.6 Å². The van der Waals surface area contributed by atoms with Crippen LogP contribution in [0.5, 0.6) is 0 Å². The van der Waals surface area contributed by atoms with Crippen molar-refractivity contribution in [1.29, 1.82) is 0 Å². The largest absolute Gasteiger partial charge is 0.478 e. The number of nitrogens with one attached hydrogen (secondary N) is 1. The van der Waals surface area contributed by atoms with Crippen LogP contribution in [0.2, 0.25) is 0 Å². The molecule has 0 aliphatic carbocycles. The zero-order valence-electron chi connectivity index (χ0n) is 14.2. The Morgan fingerprint density at radius 2 is 1.96 bits per heavy atom. The molecule has 0 saturated heterocycles. The average Bonchev–Trinajstić information content (AvgIpc) is 2.58. The lowest BCUT2D eigenvalue weighted by atomic mass is 9.93. The van der Waals surface area contributed by atoms with Crippen LogP contribution in [0.4, 0.5) is 0 Å². The van der Waals surface area contributed by atoms with Crippen molar-refractivity contribution in [3.8, 4) is 0 Å². The number of aliphatic hydroxyl groups is 4. The molecule has 9 heteroatoms. The first kappa shape index (κ1) is 21.4. The Morgan fingerprint density at radius 1 is 1.28 bits per heavy atom. The number of carbonyl (C=O) groups is 2. The van der Waals surface area contributed by atoms with Gasteiger partial charge in [0.2, 0.25) is 11.7 Å². The van der Waals surface area contributed by atoms with Gasteiger partial charge in [-0.05, 0) is 12.5 Å². The molecule has 1 amide bonds. The summed E-state index contributed by atoms with van der Waals surface area (Å²) in [6, 6.07) is -1.15. The highest BCUT2D eigenvalue weighted by Gasteiger charge is 2.43. The standard InChI is InChI=1S/C16H27NO8/c1-2-3-4-5-6-12(21)17-13-9(19)7-11(16(23)24)25-15(13)14(22)10(20)8-18/h7,9-10,13-15,18-20,22H,2-6,8H2,1H3,(H,17,21)(H,23,24)/t9-,10+,13+,14+,15+/m0/s1. The second kappa shape index (κ2) is 10.3. The van der Waals surface area contributed by atoms with Crippen LogP contribution >= 0.6 is 0 Å². The number of hydrogen-bond acceptors (Lipinski definition) is 7. The number of aliphatic carboxylic acids is 1. The first-order valence-corrected chi connectivity index (χ1v) is 8.38. The molecule has 0 fully saturated rings. The molecule has 0 aromatic carbocycles. The van der Waals surface area contributed by atoms with Gasteiger partial charge in [0.1, 0.15) is 18.3 Å². The predicted octanol–water partition coefficient (Wildman–Crippen LogP) is -1.12. The van der Waals surface area contributed by atoms with E-state index in [1.807, 2.05) is 6.92 Å². The lowest BCUT2D eigenvalue weighted by Gasteiger charge is -2.38. The van der Waals surface area contributed by atoms with E-state index < -0.39 is 48.8 Å². The fourth-order valence-electron chi connectivity index (χ4n) is 2.58. The van der Waals surface area contributed by atoms with E-state index in [4.69, 9.17) is 14.9 Å². The topological polar surface area (TPSA) is 157 Å². The quantitative estimate of drug-likeness (QED) is 0.267. The predicted molar refractivity (Wildman–Crippen MR) is 86.4 cm³/mol. The molecule has 0 bridgehead atoms. The Morgan fingerprint density at radius 3 is 2.52 bits per heavy atom. The van der Waals surface area contributed by atoms with Crippen molar-refractivity contribution in [1.82, 2.24) is 5.32 Å². The minimum atomic E-state index is -1.70. The molecule has 25 heavy (non-hydrogen) atoms. The number of unbranched alkanes of at least 4 members (excludes halogenated alkanes) is 3. The monoisotopic (exact) mass is 361 g/mol. The molecule has 0 radical (unpaired) electrons. The van der Waals surface area contributed by atoms with Crippen molar-refractivity contribution in [2.24, 2.45) is 0 Å². The van der Waals surface area contributed by atoms with E-state index in [1.165, 1.54) is 0 Å². The Labute approximate surface area is 145 Å². The molecule has 0 aromatic heterocycles. The Balaban J connectivity index is 2.83. The van der Waals surface area contributed by atoms with Crippen LogP contribution < -0.4 is 5.32 Å². The fourth-order valence-corrected chi connectivity index (χ4v) is 2.58. The first-order chi connectivity index (χ1) is 11.8. The van der Waals surface area contributed by atoms with E-state index in [1.54, 1.807) is 0 Å². The Bertz CT molecular complexity index is 481. The van der Waals surface area contributed by atoms with E-state index >= 15 is 0 Å². The molecule has 5 atom stereocenters. The molecule has 1 rings (SSSR count). The molecule has 144 valence electrons. The lowest BCUT2D eigenvalue weighted by Crippen LogP contribution is -2.60. The third kappa shape index (κ3) is 6.28. The van der Waals surface area contributed by atoms with Gasteiger partial charge in [-0.2, -0.15) is 0 Å². The van der Waals surface area contributed by atoms with Crippen LogP contribution in [0.3, 0.4) is 0 Å². The van der Waals surface area contributed by atoms with Crippen molar-refractivity contribution in [2.75, 3.05) is 6.61 Å². The van der Waals surface area contributed by atoms with Gasteiger partial charge in [-0.1, -0.05) is 26.2 Å². The molecule has 0 spiro atoms. The number of aliphatic hydroxyl groups excluding tert-OH is 4. The minimum Gasteiger partial charge on any atom is -0.478 e. The van der Waals surface area contributed by atoms with Crippen LogP contribution in [0.25, 0.3) is 0 Å². The lowest BCUT2D eigenvalue weighted by molar-refractivity contribution is -0.149. The second-order valence-electron chi connectivity index (χ2n) is 6.05. The van der Waals surface area contributed by atoms with Gasteiger partial charge in [-0.15, -0.1) is 0 Å². The van der Waals surface area contributed by atoms with Crippen molar-refractivity contribution in [3.63, 3.8) is 0 Å². The van der Waals surface area contributed by atoms with E-state index in [0.29, 0.717) is 6.42 Å². The van der Waals surface area contributed by atoms with Gasteiger partial charge >= 0.3 is 5.97 Å². The molecular formula is C16H27NO8. The SMILES string of the molecule is CCCCCCC(=O)N[C@H]1[C@H]([C@H](O)[C@H](O)CO)OC(C(=O)O)=C[C@@H]1O. The van der Waals surface area contributed by atoms with E-state index in [0.717, 1.165) is 25.3 Å². The van der Waals surface area contributed by atoms with Crippen LogP contribution in [0, 0.1) is 0 Å². The first-order valence-electron chi connectivity index (χ1n) is 8.38. The van der Waals surface area contributed by atoms with Crippen LogP contribution in [-0.4, -0.2) is 74.5 Å². The molecular weight excluding hydrogens is 334 g/mol. The second-order valence-corrected chi connectivity index (χ2v) is 6.05. The zero-order chi connectivity index (χ0) is 19.0. The highest BCUT2D eigenvalue weighted by molar-refractivity contribution is 5.84. The zero-order valence-corrected chi connectivity index (χ0v) is 14.2. The number of carbonyl (C=O) groups excluding carboxylic acids is 1. The van der Waals surface area contributed by atoms with Crippen molar-refractivity contribution < 1.29 is 39.9 Å². The van der Waals surface area contributed by atoms with Crippen LogP contribution in [0.15, 0.2) is 11.8 Å². The highest BCUT2D eigenvalue weighted by Crippen LogP contribution is 2.23. The van der Waals surface area contributed by atoms with E-state index in [2.05, 4.69) is 5.32 Å². The van der Waals surface area contributed by atoms with Gasteiger partial charge < -0.3 is 35.6 Å². The van der Waals surface area contributed by atoms with Crippen molar-refractivity contribution in [3.05, 3.63) is 11.8 Å². The van der Waals surface area contributed by atoms with Gasteiger partial charge in [0, 0.05) is 6.42 Å². The maximum absolute atomic E-state index is 12.0. The minimum absolute atomic E-state index is 0.212. The van der Waals surface area contributed by atoms with E-state index in [9.17, 15) is 24.9 Å². The Hall–Kier alpha value is -1.68. The smallest absolute Gasteiger partial charge is 0.370 e. The number of amides is 1. The number of carboxylic acid groups (broad SMARTS) is 1.